The smallest absolute Gasteiger partial charge is 0.175 e. The van der Waals surface area contributed by atoms with Crippen molar-refractivity contribution in [3.63, 3.8) is 0 Å². The van der Waals surface area contributed by atoms with Crippen LogP contribution < -0.4 is 0 Å². The lowest BCUT2D eigenvalue weighted by molar-refractivity contribution is 0.203. The Balaban J connectivity index is 2.15. The van der Waals surface area contributed by atoms with Crippen molar-refractivity contribution in [2.24, 2.45) is 0 Å². The largest absolute Gasteiger partial charge is 0.388 e. The second-order valence-corrected chi connectivity index (χ2v) is 8.80. The third-order valence-corrected chi connectivity index (χ3v) is 6.21. The fourth-order valence-electron chi connectivity index (χ4n) is 2.69. The van der Waals surface area contributed by atoms with Crippen LogP contribution in [0.1, 0.15) is 17.9 Å². The molecule has 1 aromatic heterocycles. The molecule has 130 valence electrons. The Morgan fingerprint density at radius 2 is 1.56 bits per heavy atom. The molecule has 0 spiro atoms. The van der Waals surface area contributed by atoms with Crippen LogP contribution in [0.3, 0.4) is 0 Å². The highest BCUT2D eigenvalue weighted by Gasteiger charge is 2.19. The highest BCUT2D eigenvalue weighted by atomic mass is 32.2. The average molecular weight is 376 g/mol. The molecule has 3 aromatic rings. The second kappa shape index (κ2) is 6.71. The molecule has 0 fully saturated rings. The van der Waals surface area contributed by atoms with Gasteiger partial charge >= 0.3 is 0 Å². The van der Waals surface area contributed by atoms with Crippen molar-refractivity contribution in [1.82, 2.24) is 0 Å². The average Bonchev–Trinajstić information content (AvgIpc) is 3.00. The number of thiophene rings is 1. The molecule has 1 unspecified atom stereocenters. The van der Waals surface area contributed by atoms with Crippen LogP contribution in [0.2, 0.25) is 0 Å². The Morgan fingerprint density at radius 1 is 1.00 bits per heavy atom. The van der Waals surface area contributed by atoms with Gasteiger partial charge in [-0.25, -0.2) is 12.8 Å². The topological polar surface area (TPSA) is 54.4 Å². The Bertz CT molecular complexity index is 986. The fourth-order valence-corrected chi connectivity index (χ4v) is 4.36. The van der Waals surface area contributed by atoms with E-state index in [4.69, 9.17) is 0 Å². The van der Waals surface area contributed by atoms with Crippen LogP contribution in [-0.2, 0) is 9.84 Å². The van der Waals surface area contributed by atoms with Gasteiger partial charge in [0.2, 0.25) is 0 Å². The van der Waals surface area contributed by atoms with E-state index >= 15 is 0 Å². The molecule has 6 heteroatoms. The molecule has 0 radical (unpaired) electrons. The van der Waals surface area contributed by atoms with Crippen molar-refractivity contribution in [1.29, 1.82) is 0 Å². The minimum absolute atomic E-state index is 0.255. The van der Waals surface area contributed by atoms with Gasteiger partial charge in [-0.15, -0.1) is 11.3 Å². The van der Waals surface area contributed by atoms with E-state index < -0.39 is 15.9 Å². The lowest BCUT2D eigenvalue weighted by Crippen LogP contribution is -1.96. The van der Waals surface area contributed by atoms with Crippen molar-refractivity contribution in [3.8, 4) is 22.3 Å². The number of aliphatic hydroxyl groups excluding tert-OH is 1. The van der Waals surface area contributed by atoms with Crippen molar-refractivity contribution in [3.05, 3.63) is 64.6 Å². The zero-order valence-corrected chi connectivity index (χ0v) is 15.4. The van der Waals surface area contributed by atoms with Crippen molar-refractivity contribution in [2.75, 3.05) is 6.26 Å². The van der Waals surface area contributed by atoms with E-state index in [2.05, 4.69) is 0 Å². The molecule has 0 amide bonds. The van der Waals surface area contributed by atoms with Crippen molar-refractivity contribution < 1.29 is 17.9 Å². The van der Waals surface area contributed by atoms with Gasteiger partial charge in [-0.3, -0.25) is 0 Å². The molecule has 2 aromatic carbocycles. The molecule has 0 aliphatic heterocycles. The highest BCUT2D eigenvalue weighted by molar-refractivity contribution is 7.90. The summed E-state index contributed by atoms with van der Waals surface area (Å²) in [7, 11) is -3.26. The van der Waals surface area contributed by atoms with Gasteiger partial charge in [0, 0.05) is 22.3 Å². The van der Waals surface area contributed by atoms with E-state index in [9.17, 15) is 17.9 Å². The molecule has 0 saturated carbocycles. The van der Waals surface area contributed by atoms with Gasteiger partial charge in [-0.05, 0) is 47.7 Å². The third kappa shape index (κ3) is 3.66. The molecule has 3 nitrogen and oxygen atoms in total. The molecule has 1 N–H and O–H groups in total. The molecule has 0 aliphatic rings. The first-order valence-electron chi connectivity index (χ1n) is 7.63. The van der Waals surface area contributed by atoms with E-state index in [0.717, 1.165) is 27.1 Å². The summed E-state index contributed by atoms with van der Waals surface area (Å²) in [4.78, 5) is 1.04. The van der Waals surface area contributed by atoms with E-state index in [1.54, 1.807) is 43.3 Å². The molecule has 1 atom stereocenters. The van der Waals surface area contributed by atoms with Crippen molar-refractivity contribution >= 4 is 21.2 Å². The van der Waals surface area contributed by atoms with Crippen LogP contribution in [0, 0.1) is 5.82 Å². The quantitative estimate of drug-likeness (QED) is 0.719. The number of rotatable bonds is 4. The Kier molecular flexibility index (Phi) is 4.77. The van der Waals surface area contributed by atoms with Crippen LogP contribution in [0.15, 0.2) is 58.8 Å². The fraction of sp³-hybridized carbons (Fsp3) is 0.158. The predicted octanol–water partition coefficient (Wildman–Crippen LogP) is 4.68. The molecule has 25 heavy (non-hydrogen) atoms. The minimum atomic E-state index is -3.26. The normalized spacial score (nSPS) is 13.0. The summed E-state index contributed by atoms with van der Waals surface area (Å²) in [5.74, 6) is -0.323. The SMILES string of the molecule is CC(O)c1scc(-c2ccc(S(C)(=O)=O)cc2)c1-c1ccc(F)cc1. The van der Waals surface area contributed by atoms with Gasteiger partial charge in [0.25, 0.3) is 0 Å². The number of aliphatic hydroxyl groups is 1. The van der Waals surface area contributed by atoms with Gasteiger partial charge in [0.1, 0.15) is 5.82 Å². The van der Waals surface area contributed by atoms with Crippen LogP contribution in [0.25, 0.3) is 22.3 Å². The maximum Gasteiger partial charge on any atom is 0.175 e. The standard InChI is InChI=1S/C19H17FO3S2/c1-12(21)19-18(14-3-7-15(20)8-4-14)17(11-24-19)13-5-9-16(10-6-13)25(2,22)23/h3-12,21H,1-2H3. The predicted molar refractivity (Wildman–Crippen MR) is 98.9 cm³/mol. The number of sulfone groups is 1. The van der Waals surface area contributed by atoms with Crippen LogP contribution >= 0.6 is 11.3 Å². The van der Waals surface area contributed by atoms with Gasteiger partial charge < -0.3 is 5.11 Å². The number of benzene rings is 2. The number of hydrogen-bond donors (Lipinski definition) is 1. The van der Waals surface area contributed by atoms with Crippen LogP contribution in [0.5, 0.6) is 0 Å². The van der Waals surface area contributed by atoms with Crippen molar-refractivity contribution in [2.45, 2.75) is 17.9 Å². The van der Waals surface area contributed by atoms with Crippen LogP contribution in [-0.4, -0.2) is 19.8 Å². The first kappa shape index (κ1) is 17.8. The summed E-state index contributed by atoms with van der Waals surface area (Å²) in [6, 6.07) is 12.8. The zero-order chi connectivity index (χ0) is 18.2. The Labute approximate surface area is 150 Å². The lowest BCUT2D eigenvalue weighted by atomic mass is 9.95. The summed E-state index contributed by atoms with van der Waals surface area (Å²) in [5, 5.41) is 12.0. The second-order valence-electron chi connectivity index (χ2n) is 5.87. The van der Waals surface area contributed by atoms with Gasteiger partial charge in [0.05, 0.1) is 11.0 Å². The molecule has 3 rings (SSSR count). The van der Waals surface area contributed by atoms with Crippen LogP contribution in [0.4, 0.5) is 4.39 Å². The number of hydrogen-bond acceptors (Lipinski definition) is 4. The Morgan fingerprint density at radius 3 is 2.08 bits per heavy atom. The van der Waals surface area contributed by atoms with Gasteiger partial charge in [0.15, 0.2) is 9.84 Å². The third-order valence-electron chi connectivity index (χ3n) is 3.93. The van der Waals surface area contributed by atoms with E-state index in [0.29, 0.717) is 0 Å². The summed E-state index contributed by atoms with van der Waals surface area (Å²) in [6.07, 6.45) is 0.510. The van der Waals surface area contributed by atoms with Gasteiger partial charge in [-0.2, -0.15) is 0 Å². The zero-order valence-electron chi connectivity index (χ0n) is 13.7. The Hall–Kier alpha value is -2.02. The highest BCUT2D eigenvalue weighted by Crippen LogP contribution is 2.42. The number of halogens is 1. The summed E-state index contributed by atoms with van der Waals surface area (Å²) in [6.45, 7) is 1.69. The van der Waals surface area contributed by atoms with Gasteiger partial charge in [-0.1, -0.05) is 24.3 Å². The first-order chi connectivity index (χ1) is 11.8. The monoisotopic (exact) mass is 376 g/mol. The maximum absolute atomic E-state index is 13.3. The molecular weight excluding hydrogens is 359 g/mol. The summed E-state index contributed by atoms with van der Waals surface area (Å²) >= 11 is 1.43. The molecular formula is C19H17FO3S2. The van der Waals surface area contributed by atoms with E-state index in [1.165, 1.54) is 29.7 Å². The minimum Gasteiger partial charge on any atom is -0.388 e. The summed E-state index contributed by atoms with van der Waals surface area (Å²) in [5.41, 5.74) is 3.37. The summed E-state index contributed by atoms with van der Waals surface area (Å²) < 4.78 is 36.5. The lowest BCUT2D eigenvalue weighted by Gasteiger charge is -2.11. The molecule has 0 bridgehead atoms. The molecule has 0 saturated heterocycles. The maximum atomic E-state index is 13.3. The molecule has 1 heterocycles. The first-order valence-corrected chi connectivity index (χ1v) is 10.4. The molecule has 0 aliphatic carbocycles. The van der Waals surface area contributed by atoms with E-state index in [1.807, 2.05) is 5.38 Å². The van der Waals surface area contributed by atoms with E-state index in [-0.39, 0.29) is 10.7 Å².